The minimum Gasteiger partial charge on any atom is -0.493 e. The number of hydrogen-bond acceptors (Lipinski definition) is 4. The standard InChI is InChI=1S/C13H16ClFN4O/c1-3-19-13(10(20-2)7-17-19)12(18-16)11-8(14)5-4-6-9(11)15/h4-7,12,18H,3,16H2,1-2H3. The van der Waals surface area contributed by atoms with Crippen LogP contribution < -0.4 is 16.0 Å². The maximum absolute atomic E-state index is 14.1. The minimum atomic E-state index is -0.652. The molecule has 0 spiro atoms. The fourth-order valence-electron chi connectivity index (χ4n) is 2.16. The molecule has 7 heteroatoms. The van der Waals surface area contributed by atoms with E-state index >= 15 is 0 Å². The van der Waals surface area contributed by atoms with Crippen molar-refractivity contribution in [2.75, 3.05) is 7.11 Å². The van der Waals surface area contributed by atoms with E-state index < -0.39 is 11.9 Å². The molecular formula is C13H16ClFN4O. The van der Waals surface area contributed by atoms with Gasteiger partial charge in [0, 0.05) is 17.1 Å². The van der Waals surface area contributed by atoms with E-state index in [1.54, 1.807) is 23.0 Å². The maximum atomic E-state index is 14.1. The highest BCUT2D eigenvalue weighted by Crippen LogP contribution is 2.34. The molecule has 5 nitrogen and oxygen atoms in total. The largest absolute Gasteiger partial charge is 0.493 e. The SMILES string of the molecule is CCn1ncc(OC)c1C(NN)c1c(F)cccc1Cl. The molecule has 1 atom stereocenters. The molecule has 0 aliphatic heterocycles. The van der Waals surface area contributed by atoms with Crippen LogP contribution in [0.3, 0.4) is 0 Å². The molecule has 0 aliphatic rings. The molecule has 20 heavy (non-hydrogen) atoms. The van der Waals surface area contributed by atoms with Gasteiger partial charge in [0.15, 0.2) is 5.75 Å². The average molecular weight is 299 g/mol. The van der Waals surface area contributed by atoms with E-state index in [1.807, 2.05) is 6.92 Å². The van der Waals surface area contributed by atoms with Crippen LogP contribution in [0.5, 0.6) is 5.75 Å². The monoisotopic (exact) mass is 298 g/mol. The van der Waals surface area contributed by atoms with Gasteiger partial charge in [-0.2, -0.15) is 5.10 Å². The van der Waals surface area contributed by atoms with Crippen molar-refractivity contribution in [1.29, 1.82) is 0 Å². The molecule has 1 aromatic carbocycles. The molecule has 3 N–H and O–H groups in total. The minimum absolute atomic E-state index is 0.269. The zero-order chi connectivity index (χ0) is 14.7. The Morgan fingerprint density at radius 1 is 1.55 bits per heavy atom. The number of hydrazine groups is 1. The van der Waals surface area contributed by atoms with Crippen molar-refractivity contribution < 1.29 is 9.13 Å². The van der Waals surface area contributed by atoms with Crippen LogP contribution in [0.1, 0.15) is 24.2 Å². The predicted octanol–water partition coefficient (Wildman–Crippen LogP) is 2.26. The number of methoxy groups -OCH3 is 1. The summed E-state index contributed by atoms with van der Waals surface area (Å²) < 4.78 is 21.1. The average Bonchev–Trinajstić information content (AvgIpc) is 2.85. The van der Waals surface area contributed by atoms with Crippen LogP contribution in [0.25, 0.3) is 0 Å². The number of aryl methyl sites for hydroxylation is 1. The van der Waals surface area contributed by atoms with Crippen LogP contribution in [0.15, 0.2) is 24.4 Å². The number of hydrogen-bond donors (Lipinski definition) is 2. The third-order valence-corrected chi connectivity index (χ3v) is 3.42. The molecule has 0 radical (unpaired) electrons. The molecule has 0 fully saturated rings. The van der Waals surface area contributed by atoms with Crippen LogP contribution in [-0.4, -0.2) is 16.9 Å². The molecule has 1 unspecified atom stereocenters. The van der Waals surface area contributed by atoms with Crippen LogP contribution in [0.2, 0.25) is 5.02 Å². The number of rotatable bonds is 5. The first-order chi connectivity index (χ1) is 9.63. The lowest BCUT2D eigenvalue weighted by molar-refractivity contribution is 0.398. The van der Waals surface area contributed by atoms with Gasteiger partial charge in [0.05, 0.1) is 19.3 Å². The van der Waals surface area contributed by atoms with Gasteiger partial charge in [-0.3, -0.25) is 10.5 Å². The van der Waals surface area contributed by atoms with E-state index in [0.717, 1.165) is 0 Å². The highest BCUT2D eigenvalue weighted by molar-refractivity contribution is 6.31. The summed E-state index contributed by atoms with van der Waals surface area (Å²) in [5.74, 6) is 5.69. The Balaban J connectivity index is 2.61. The molecule has 2 rings (SSSR count). The zero-order valence-corrected chi connectivity index (χ0v) is 12.0. The number of nitrogens with zero attached hydrogens (tertiary/aromatic N) is 2. The van der Waals surface area contributed by atoms with Crippen molar-refractivity contribution in [3.05, 3.63) is 46.5 Å². The second-order valence-electron chi connectivity index (χ2n) is 4.15. The first kappa shape index (κ1) is 14.8. The quantitative estimate of drug-likeness (QED) is 0.656. The van der Waals surface area contributed by atoms with Crippen LogP contribution in [0, 0.1) is 5.82 Å². The first-order valence-corrected chi connectivity index (χ1v) is 6.51. The molecule has 0 saturated carbocycles. The third kappa shape index (κ3) is 2.49. The summed E-state index contributed by atoms with van der Waals surface area (Å²) in [5, 5.41) is 4.48. The summed E-state index contributed by atoms with van der Waals surface area (Å²) in [6, 6.07) is 3.85. The summed E-state index contributed by atoms with van der Waals surface area (Å²) in [4.78, 5) is 0. The van der Waals surface area contributed by atoms with E-state index in [1.165, 1.54) is 13.2 Å². The van der Waals surface area contributed by atoms with Gasteiger partial charge in [0.2, 0.25) is 0 Å². The van der Waals surface area contributed by atoms with Gasteiger partial charge in [-0.1, -0.05) is 17.7 Å². The Kier molecular flexibility index (Phi) is 4.59. The second-order valence-corrected chi connectivity index (χ2v) is 4.56. The number of ether oxygens (including phenoxy) is 1. The molecule has 1 aromatic heterocycles. The van der Waals surface area contributed by atoms with Gasteiger partial charge >= 0.3 is 0 Å². The number of nitrogens with two attached hydrogens (primary N) is 1. The van der Waals surface area contributed by atoms with Gasteiger partial charge in [-0.25, -0.2) is 9.82 Å². The fraction of sp³-hybridized carbons (Fsp3) is 0.308. The predicted molar refractivity (Wildman–Crippen MR) is 75.0 cm³/mol. The topological polar surface area (TPSA) is 65.1 Å². The third-order valence-electron chi connectivity index (χ3n) is 3.09. The molecule has 0 aliphatic carbocycles. The lowest BCUT2D eigenvalue weighted by atomic mass is 10.0. The lowest BCUT2D eigenvalue weighted by Crippen LogP contribution is -2.32. The van der Waals surface area contributed by atoms with E-state index in [9.17, 15) is 4.39 Å². The first-order valence-electron chi connectivity index (χ1n) is 6.13. The smallest absolute Gasteiger partial charge is 0.161 e. The highest BCUT2D eigenvalue weighted by atomic mass is 35.5. The number of nitrogens with one attached hydrogen (secondary N) is 1. The number of aromatic nitrogens is 2. The van der Waals surface area contributed by atoms with Crippen LogP contribution in [-0.2, 0) is 6.54 Å². The lowest BCUT2D eigenvalue weighted by Gasteiger charge is -2.20. The highest BCUT2D eigenvalue weighted by Gasteiger charge is 2.26. The van der Waals surface area contributed by atoms with Crippen molar-refractivity contribution in [3.8, 4) is 5.75 Å². The second kappa shape index (κ2) is 6.21. The van der Waals surface area contributed by atoms with Gasteiger partial charge in [0.25, 0.3) is 0 Å². The summed E-state index contributed by atoms with van der Waals surface area (Å²) >= 11 is 6.10. The van der Waals surface area contributed by atoms with Crippen molar-refractivity contribution in [2.24, 2.45) is 5.84 Å². The molecule has 0 amide bonds. The summed E-state index contributed by atoms with van der Waals surface area (Å²) in [5.41, 5.74) is 3.48. The van der Waals surface area contributed by atoms with Crippen molar-refractivity contribution >= 4 is 11.6 Å². The van der Waals surface area contributed by atoms with Crippen molar-refractivity contribution in [1.82, 2.24) is 15.2 Å². The Morgan fingerprint density at radius 3 is 2.85 bits per heavy atom. The molecule has 1 heterocycles. The van der Waals surface area contributed by atoms with E-state index in [-0.39, 0.29) is 5.56 Å². The Morgan fingerprint density at radius 2 is 2.30 bits per heavy atom. The number of halogens is 2. The zero-order valence-electron chi connectivity index (χ0n) is 11.2. The molecule has 2 aromatic rings. The Bertz CT molecular complexity index is 560. The van der Waals surface area contributed by atoms with E-state index in [0.29, 0.717) is 23.0 Å². The summed E-state index contributed by atoms with van der Waals surface area (Å²) in [6.45, 7) is 2.52. The van der Waals surface area contributed by atoms with Gasteiger partial charge in [-0.05, 0) is 19.1 Å². The molecule has 108 valence electrons. The normalized spacial score (nSPS) is 12.4. The molecular weight excluding hydrogens is 283 g/mol. The Labute approximate surface area is 121 Å². The van der Waals surface area contributed by atoms with Crippen LogP contribution in [0.4, 0.5) is 4.39 Å². The Hall–Kier alpha value is -1.63. The molecule has 0 bridgehead atoms. The van der Waals surface area contributed by atoms with Crippen LogP contribution >= 0.6 is 11.6 Å². The fourth-order valence-corrected chi connectivity index (χ4v) is 2.44. The van der Waals surface area contributed by atoms with Crippen molar-refractivity contribution in [2.45, 2.75) is 19.5 Å². The summed E-state index contributed by atoms with van der Waals surface area (Å²) in [6.07, 6.45) is 1.57. The van der Waals surface area contributed by atoms with Gasteiger partial charge in [0.1, 0.15) is 11.5 Å². The summed E-state index contributed by atoms with van der Waals surface area (Å²) in [7, 11) is 1.52. The number of benzene rings is 1. The maximum Gasteiger partial charge on any atom is 0.161 e. The van der Waals surface area contributed by atoms with E-state index in [2.05, 4.69) is 10.5 Å². The van der Waals surface area contributed by atoms with Gasteiger partial charge < -0.3 is 4.74 Å². The van der Waals surface area contributed by atoms with Crippen molar-refractivity contribution in [3.63, 3.8) is 0 Å². The molecule has 0 saturated heterocycles. The van der Waals surface area contributed by atoms with E-state index in [4.69, 9.17) is 22.2 Å². The van der Waals surface area contributed by atoms with Gasteiger partial charge in [-0.15, -0.1) is 0 Å².